The van der Waals surface area contributed by atoms with Gasteiger partial charge in [-0.1, -0.05) is 24.6 Å². The molecule has 0 spiro atoms. The zero-order chi connectivity index (χ0) is 13.0. The lowest BCUT2D eigenvalue weighted by Gasteiger charge is -2.12. The number of hydrogen-bond donors (Lipinski definition) is 2. The van der Waals surface area contributed by atoms with Crippen molar-refractivity contribution in [2.24, 2.45) is 5.92 Å². The first-order valence-corrected chi connectivity index (χ1v) is 5.63. The maximum Gasteiger partial charge on any atom is 0.316 e. The summed E-state index contributed by atoms with van der Waals surface area (Å²) >= 11 is 5.81. The molecule has 2 N–H and O–H groups in total. The number of aliphatic carboxylic acids is 1. The molecule has 0 aliphatic rings. The highest BCUT2D eigenvalue weighted by Gasteiger charge is 2.24. The van der Waals surface area contributed by atoms with Crippen molar-refractivity contribution in [2.75, 3.05) is 5.32 Å². The van der Waals surface area contributed by atoms with E-state index in [1.165, 1.54) is 0 Å². The molecule has 0 aliphatic carbocycles. The number of carbonyl (C=O) groups is 2. The molecule has 1 rings (SSSR count). The van der Waals surface area contributed by atoms with Gasteiger partial charge in [0.15, 0.2) is 0 Å². The summed E-state index contributed by atoms with van der Waals surface area (Å²) in [6, 6.07) is 5.07. The molecule has 1 aromatic rings. The molecule has 0 radical (unpaired) electrons. The van der Waals surface area contributed by atoms with Crippen molar-refractivity contribution in [2.45, 2.75) is 20.3 Å². The summed E-state index contributed by atoms with van der Waals surface area (Å²) < 4.78 is 0. The van der Waals surface area contributed by atoms with Gasteiger partial charge in [-0.25, -0.2) is 0 Å². The Morgan fingerprint density at radius 1 is 1.47 bits per heavy atom. The zero-order valence-electron chi connectivity index (χ0n) is 9.66. The fourth-order valence-electron chi connectivity index (χ4n) is 1.42. The lowest BCUT2D eigenvalue weighted by atomic mass is 10.1. The fourth-order valence-corrected chi connectivity index (χ4v) is 1.59. The Morgan fingerprint density at radius 2 is 2.12 bits per heavy atom. The Hall–Kier alpha value is -1.55. The van der Waals surface area contributed by atoms with Crippen LogP contribution in [0.3, 0.4) is 0 Å². The maximum absolute atomic E-state index is 11.7. The lowest BCUT2D eigenvalue weighted by Crippen LogP contribution is -2.29. The number of anilines is 1. The Balaban J connectivity index is 2.87. The highest BCUT2D eigenvalue weighted by molar-refractivity contribution is 6.31. The van der Waals surface area contributed by atoms with Crippen molar-refractivity contribution in [1.29, 1.82) is 0 Å². The smallest absolute Gasteiger partial charge is 0.316 e. The Kier molecular flexibility index (Phi) is 4.52. The van der Waals surface area contributed by atoms with Crippen LogP contribution in [0.25, 0.3) is 0 Å². The summed E-state index contributed by atoms with van der Waals surface area (Å²) in [5.41, 5.74) is 1.38. The van der Waals surface area contributed by atoms with E-state index in [9.17, 15) is 9.59 Å². The van der Waals surface area contributed by atoms with Crippen LogP contribution in [0.2, 0.25) is 5.02 Å². The predicted octanol–water partition coefficient (Wildman–Crippen LogP) is 2.70. The molecule has 5 heteroatoms. The van der Waals surface area contributed by atoms with E-state index < -0.39 is 17.8 Å². The van der Waals surface area contributed by atoms with Gasteiger partial charge in [0.05, 0.1) is 0 Å². The lowest BCUT2D eigenvalue weighted by molar-refractivity contribution is -0.145. The Morgan fingerprint density at radius 3 is 2.65 bits per heavy atom. The molecule has 0 bridgehead atoms. The molecule has 1 aromatic carbocycles. The van der Waals surface area contributed by atoms with Crippen LogP contribution < -0.4 is 5.32 Å². The molecule has 0 saturated carbocycles. The van der Waals surface area contributed by atoms with Crippen molar-refractivity contribution in [3.63, 3.8) is 0 Å². The minimum absolute atomic E-state index is 0.251. The van der Waals surface area contributed by atoms with E-state index >= 15 is 0 Å². The molecule has 17 heavy (non-hydrogen) atoms. The fraction of sp³-hybridized carbons (Fsp3) is 0.333. The first-order valence-electron chi connectivity index (χ1n) is 5.25. The third-order valence-electron chi connectivity index (χ3n) is 2.48. The average Bonchev–Trinajstić information content (AvgIpc) is 2.24. The molecule has 0 fully saturated rings. The first kappa shape index (κ1) is 13.5. The molecular weight excluding hydrogens is 242 g/mol. The van der Waals surface area contributed by atoms with E-state index in [0.29, 0.717) is 10.7 Å². The Bertz CT molecular complexity index is 445. The largest absolute Gasteiger partial charge is 0.481 e. The van der Waals surface area contributed by atoms with Gasteiger partial charge in [-0.15, -0.1) is 0 Å². The van der Waals surface area contributed by atoms with Gasteiger partial charge in [-0.3, -0.25) is 9.59 Å². The molecule has 0 aromatic heterocycles. The summed E-state index contributed by atoms with van der Waals surface area (Å²) in [6.45, 7) is 3.47. The van der Waals surface area contributed by atoms with Crippen molar-refractivity contribution in [3.8, 4) is 0 Å². The van der Waals surface area contributed by atoms with Crippen molar-refractivity contribution >= 4 is 29.2 Å². The molecular formula is C12H14ClNO3. The van der Waals surface area contributed by atoms with Gasteiger partial charge in [0.25, 0.3) is 0 Å². The van der Waals surface area contributed by atoms with Gasteiger partial charge in [0.2, 0.25) is 5.91 Å². The monoisotopic (exact) mass is 255 g/mol. The van der Waals surface area contributed by atoms with Crippen molar-refractivity contribution in [3.05, 3.63) is 28.8 Å². The number of halogens is 1. The second-order valence-corrected chi connectivity index (χ2v) is 4.18. The molecule has 92 valence electrons. The van der Waals surface area contributed by atoms with Crippen LogP contribution in [-0.4, -0.2) is 17.0 Å². The average molecular weight is 256 g/mol. The highest BCUT2D eigenvalue weighted by Crippen LogP contribution is 2.21. The van der Waals surface area contributed by atoms with Crippen LogP contribution >= 0.6 is 11.6 Å². The molecule has 1 unspecified atom stereocenters. The molecule has 0 aliphatic heterocycles. The van der Waals surface area contributed by atoms with Gasteiger partial charge in [-0.2, -0.15) is 0 Å². The summed E-state index contributed by atoms with van der Waals surface area (Å²) in [6.07, 6.45) is 0.251. The minimum Gasteiger partial charge on any atom is -0.481 e. The van der Waals surface area contributed by atoms with Crippen LogP contribution in [-0.2, 0) is 9.59 Å². The quantitative estimate of drug-likeness (QED) is 0.813. The van der Waals surface area contributed by atoms with Gasteiger partial charge in [0.1, 0.15) is 5.92 Å². The van der Waals surface area contributed by atoms with Crippen molar-refractivity contribution < 1.29 is 14.7 Å². The van der Waals surface area contributed by atoms with Crippen LogP contribution in [0, 0.1) is 12.8 Å². The Labute approximate surface area is 105 Å². The molecule has 4 nitrogen and oxygen atoms in total. The second kappa shape index (κ2) is 5.68. The number of carboxylic acids is 1. The van der Waals surface area contributed by atoms with E-state index in [-0.39, 0.29) is 6.42 Å². The van der Waals surface area contributed by atoms with Gasteiger partial charge >= 0.3 is 5.97 Å². The van der Waals surface area contributed by atoms with Crippen LogP contribution in [0.4, 0.5) is 5.69 Å². The topological polar surface area (TPSA) is 66.4 Å². The van der Waals surface area contributed by atoms with Gasteiger partial charge < -0.3 is 10.4 Å². The standard InChI is InChI=1S/C12H14ClNO3/c1-3-9(12(16)17)11(15)14-10-6-8(13)5-4-7(10)2/h4-6,9H,3H2,1-2H3,(H,14,15)(H,16,17). The van der Waals surface area contributed by atoms with Crippen molar-refractivity contribution in [1.82, 2.24) is 0 Å². The van der Waals surface area contributed by atoms with E-state index in [4.69, 9.17) is 16.7 Å². The molecule has 0 heterocycles. The second-order valence-electron chi connectivity index (χ2n) is 3.75. The number of rotatable bonds is 4. The molecule has 0 saturated heterocycles. The normalized spacial score (nSPS) is 11.9. The number of nitrogens with one attached hydrogen (secondary N) is 1. The molecule has 1 amide bonds. The highest BCUT2D eigenvalue weighted by atomic mass is 35.5. The van der Waals surface area contributed by atoms with E-state index in [2.05, 4.69) is 5.32 Å². The summed E-state index contributed by atoms with van der Waals surface area (Å²) in [4.78, 5) is 22.5. The predicted molar refractivity (Wildman–Crippen MR) is 66.2 cm³/mol. The van der Waals surface area contributed by atoms with E-state index in [1.807, 2.05) is 6.92 Å². The number of carboxylic acid groups (broad SMARTS) is 1. The van der Waals surface area contributed by atoms with E-state index in [1.54, 1.807) is 25.1 Å². The number of aryl methyl sites for hydroxylation is 1. The van der Waals surface area contributed by atoms with Crippen LogP contribution in [0.1, 0.15) is 18.9 Å². The summed E-state index contributed by atoms with van der Waals surface area (Å²) in [5, 5.41) is 11.9. The third kappa shape index (κ3) is 3.46. The number of carbonyl (C=O) groups excluding carboxylic acids is 1. The minimum atomic E-state index is -1.12. The SMILES string of the molecule is CCC(C(=O)O)C(=O)Nc1cc(Cl)ccc1C. The first-order chi connectivity index (χ1) is 7.95. The third-order valence-corrected chi connectivity index (χ3v) is 2.72. The number of hydrogen-bond acceptors (Lipinski definition) is 2. The van der Waals surface area contributed by atoms with E-state index in [0.717, 1.165) is 5.56 Å². The number of amides is 1. The van der Waals surface area contributed by atoms with Crippen LogP contribution in [0.15, 0.2) is 18.2 Å². The van der Waals surface area contributed by atoms with Gasteiger partial charge in [-0.05, 0) is 31.0 Å². The maximum atomic E-state index is 11.7. The van der Waals surface area contributed by atoms with Crippen LogP contribution in [0.5, 0.6) is 0 Å². The summed E-state index contributed by atoms with van der Waals surface area (Å²) in [5.74, 6) is -2.68. The zero-order valence-corrected chi connectivity index (χ0v) is 10.4. The molecule has 1 atom stereocenters. The summed E-state index contributed by atoms with van der Waals surface area (Å²) in [7, 11) is 0. The van der Waals surface area contributed by atoms with Gasteiger partial charge in [0, 0.05) is 10.7 Å². The number of benzene rings is 1.